The van der Waals surface area contributed by atoms with E-state index in [1.165, 1.54) is 31.4 Å². The van der Waals surface area contributed by atoms with Gasteiger partial charge in [-0.2, -0.15) is 0 Å². The van der Waals surface area contributed by atoms with Gasteiger partial charge in [0.2, 0.25) is 0 Å². The van der Waals surface area contributed by atoms with Crippen LogP contribution in [0, 0.1) is 10.1 Å². The zero-order valence-electron chi connectivity index (χ0n) is 15.7. The molecular formula is C18H17ClN4O6S. The van der Waals surface area contributed by atoms with Crippen LogP contribution in [0.2, 0.25) is 5.15 Å². The average molecular weight is 453 g/mol. The lowest BCUT2D eigenvalue weighted by atomic mass is 10.2. The minimum Gasteiger partial charge on any atom is -0.469 e. The molecule has 0 aliphatic rings. The van der Waals surface area contributed by atoms with E-state index in [-0.39, 0.29) is 34.1 Å². The number of aryl methyl sites for hydroxylation is 1. The van der Waals surface area contributed by atoms with Crippen molar-refractivity contribution in [2.45, 2.75) is 24.2 Å². The minimum absolute atomic E-state index is 0.0968. The van der Waals surface area contributed by atoms with Gasteiger partial charge in [-0.25, -0.2) is 17.4 Å². The van der Waals surface area contributed by atoms with E-state index >= 15 is 0 Å². The first-order valence-electron chi connectivity index (χ1n) is 8.68. The Balaban J connectivity index is 2.15. The summed E-state index contributed by atoms with van der Waals surface area (Å²) >= 11 is 5.93. The number of hydrogen-bond donors (Lipinski definition) is 1. The molecule has 10 nitrogen and oxygen atoms in total. The number of carbonyl (C=O) groups excluding carboxylic acids is 1. The number of nitrogens with two attached hydrogens (primary N) is 1. The van der Waals surface area contributed by atoms with Crippen LogP contribution < -0.4 is 5.73 Å². The molecule has 0 saturated carbocycles. The highest BCUT2D eigenvalue weighted by atomic mass is 35.5. The summed E-state index contributed by atoms with van der Waals surface area (Å²) in [6, 6.07) is 7.78. The first-order valence-corrected chi connectivity index (χ1v) is 10.5. The third kappa shape index (κ3) is 4.07. The van der Waals surface area contributed by atoms with E-state index in [0.29, 0.717) is 17.6 Å². The SMILES string of the molecule is COC(=O)CCCc1cc2nc(Cl)ccc2n1S(=O)(=O)c1ccc(N)c([N+](=O)[O-])c1. The van der Waals surface area contributed by atoms with Crippen molar-refractivity contribution in [1.29, 1.82) is 0 Å². The van der Waals surface area contributed by atoms with E-state index in [1.54, 1.807) is 6.07 Å². The van der Waals surface area contributed by atoms with Gasteiger partial charge in [0.25, 0.3) is 15.7 Å². The normalized spacial score (nSPS) is 11.5. The molecular weight excluding hydrogens is 436 g/mol. The number of rotatable bonds is 7. The lowest BCUT2D eigenvalue weighted by molar-refractivity contribution is -0.384. The number of carbonyl (C=O) groups is 1. The number of nitro benzene ring substituents is 1. The van der Waals surface area contributed by atoms with E-state index in [0.717, 1.165) is 10.0 Å². The summed E-state index contributed by atoms with van der Waals surface area (Å²) in [4.78, 5) is 25.7. The Morgan fingerprint density at radius 2 is 2.03 bits per heavy atom. The number of ether oxygens (including phenoxy) is 1. The first-order chi connectivity index (χ1) is 14.1. The Hall–Kier alpha value is -3.18. The zero-order chi connectivity index (χ0) is 22.1. The molecule has 0 spiro atoms. The van der Waals surface area contributed by atoms with Crippen LogP contribution in [0.15, 0.2) is 41.3 Å². The van der Waals surface area contributed by atoms with Crippen molar-refractivity contribution in [3.8, 4) is 0 Å². The Morgan fingerprint density at radius 1 is 1.30 bits per heavy atom. The second-order valence-corrected chi connectivity index (χ2v) is 8.52. The highest BCUT2D eigenvalue weighted by Gasteiger charge is 2.26. The quantitative estimate of drug-likeness (QED) is 0.189. The molecule has 0 radical (unpaired) electrons. The molecule has 2 aromatic heterocycles. The van der Waals surface area contributed by atoms with E-state index < -0.39 is 26.6 Å². The van der Waals surface area contributed by atoms with Crippen LogP contribution in [0.3, 0.4) is 0 Å². The fraction of sp³-hybridized carbons (Fsp3) is 0.222. The third-order valence-electron chi connectivity index (χ3n) is 4.43. The standard InChI is InChI=1S/C18H17ClN4O6S/c1-29-18(24)4-2-3-11-9-14-15(7-8-17(19)21-14)22(11)30(27,28)12-5-6-13(20)16(10-12)23(25)26/h5-10H,2-4,20H2,1H3. The van der Waals surface area contributed by atoms with Crippen molar-refractivity contribution in [3.05, 3.63) is 57.4 Å². The predicted molar refractivity (Wildman–Crippen MR) is 110 cm³/mol. The van der Waals surface area contributed by atoms with Gasteiger partial charge in [-0.1, -0.05) is 11.6 Å². The van der Waals surface area contributed by atoms with Gasteiger partial charge in [0.05, 0.1) is 28.0 Å². The van der Waals surface area contributed by atoms with Crippen molar-refractivity contribution < 1.29 is 22.9 Å². The molecule has 3 aromatic rings. The Bertz CT molecular complexity index is 1260. The van der Waals surface area contributed by atoms with Crippen LogP contribution in [-0.4, -0.2) is 35.4 Å². The molecule has 0 amide bonds. The molecule has 12 heteroatoms. The van der Waals surface area contributed by atoms with Gasteiger partial charge in [0, 0.05) is 18.2 Å². The van der Waals surface area contributed by atoms with Gasteiger partial charge in [-0.15, -0.1) is 0 Å². The second kappa shape index (κ2) is 8.28. The van der Waals surface area contributed by atoms with Crippen LogP contribution in [0.4, 0.5) is 11.4 Å². The number of pyridine rings is 1. The van der Waals surface area contributed by atoms with Gasteiger partial charge in [0.15, 0.2) is 0 Å². The van der Waals surface area contributed by atoms with Gasteiger partial charge < -0.3 is 10.5 Å². The molecule has 2 heterocycles. The Labute approximate surface area is 176 Å². The summed E-state index contributed by atoms with van der Waals surface area (Å²) in [6.45, 7) is 0. The number of hydrogen-bond acceptors (Lipinski definition) is 8. The molecule has 0 aliphatic carbocycles. The average Bonchev–Trinajstić information content (AvgIpc) is 3.05. The number of methoxy groups -OCH3 is 1. The summed E-state index contributed by atoms with van der Waals surface area (Å²) in [6.07, 6.45) is 0.646. The number of nitro groups is 1. The van der Waals surface area contributed by atoms with E-state index in [1.807, 2.05) is 0 Å². The number of benzene rings is 1. The van der Waals surface area contributed by atoms with E-state index in [2.05, 4.69) is 9.72 Å². The van der Waals surface area contributed by atoms with Crippen LogP contribution in [0.1, 0.15) is 18.5 Å². The molecule has 0 bridgehead atoms. The largest absolute Gasteiger partial charge is 0.469 e. The molecule has 0 fully saturated rings. The lowest BCUT2D eigenvalue weighted by Gasteiger charge is -2.12. The topological polar surface area (TPSA) is 147 Å². The third-order valence-corrected chi connectivity index (χ3v) is 6.40. The zero-order valence-corrected chi connectivity index (χ0v) is 17.3. The van der Waals surface area contributed by atoms with Crippen LogP contribution in [-0.2, 0) is 26.0 Å². The number of esters is 1. The van der Waals surface area contributed by atoms with Crippen LogP contribution in [0.25, 0.3) is 11.0 Å². The van der Waals surface area contributed by atoms with Gasteiger partial charge in [0.1, 0.15) is 10.8 Å². The van der Waals surface area contributed by atoms with Crippen molar-refractivity contribution >= 4 is 50.0 Å². The number of nitrogen functional groups attached to an aromatic ring is 1. The fourth-order valence-electron chi connectivity index (χ4n) is 3.01. The summed E-state index contributed by atoms with van der Waals surface area (Å²) in [5.41, 5.74) is 5.87. The lowest BCUT2D eigenvalue weighted by Crippen LogP contribution is -2.16. The maximum Gasteiger partial charge on any atom is 0.305 e. The summed E-state index contributed by atoms with van der Waals surface area (Å²) < 4.78 is 32.5. The highest BCUT2D eigenvalue weighted by molar-refractivity contribution is 7.90. The van der Waals surface area contributed by atoms with Gasteiger partial charge in [-0.05, 0) is 43.2 Å². The van der Waals surface area contributed by atoms with Crippen molar-refractivity contribution in [3.63, 3.8) is 0 Å². The first kappa shape index (κ1) is 21.5. The van der Waals surface area contributed by atoms with Crippen molar-refractivity contribution in [2.24, 2.45) is 0 Å². The molecule has 0 atom stereocenters. The van der Waals surface area contributed by atoms with Crippen molar-refractivity contribution in [1.82, 2.24) is 8.96 Å². The maximum atomic E-state index is 13.4. The van der Waals surface area contributed by atoms with Crippen LogP contribution >= 0.6 is 11.6 Å². The molecule has 3 rings (SSSR count). The van der Waals surface area contributed by atoms with Crippen molar-refractivity contribution in [2.75, 3.05) is 12.8 Å². The molecule has 30 heavy (non-hydrogen) atoms. The number of anilines is 1. The number of nitrogens with zero attached hydrogens (tertiary/aromatic N) is 3. The minimum atomic E-state index is -4.24. The maximum absolute atomic E-state index is 13.4. The number of fused-ring (bicyclic) bond motifs is 1. The van der Waals surface area contributed by atoms with E-state index in [9.17, 15) is 23.3 Å². The monoisotopic (exact) mass is 452 g/mol. The predicted octanol–water partition coefficient (Wildman–Crippen LogP) is 2.91. The molecule has 1 aromatic carbocycles. The second-order valence-electron chi connectivity index (χ2n) is 6.35. The van der Waals surface area contributed by atoms with Gasteiger partial charge >= 0.3 is 5.97 Å². The summed E-state index contributed by atoms with van der Waals surface area (Å²) in [5, 5.41) is 11.4. The van der Waals surface area contributed by atoms with Gasteiger partial charge in [-0.3, -0.25) is 14.9 Å². The van der Waals surface area contributed by atoms with E-state index in [4.69, 9.17) is 17.3 Å². The number of aromatic nitrogens is 2. The smallest absolute Gasteiger partial charge is 0.305 e. The summed E-state index contributed by atoms with van der Waals surface area (Å²) in [7, 11) is -2.97. The Morgan fingerprint density at radius 3 is 2.70 bits per heavy atom. The molecule has 0 aliphatic heterocycles. The molecule has 2 N–H and O–H groups in total. The molecule has 0 saturated heterocycles. The fourth-order valence-corrected chi connectivity index (χ4v) is 4.74. The molecule has 0 unspecified atom stereocenters. The molecule has 158 valence electrons. The summed E-state index contributed by atoms with van der Waals surface area (Å²) in [5.74, 6) is -0.421. The number of halogens is 1. The Kier molecular flexibility index (Phi) is 5.94. The van der Waals surface area contributed by atoms with Crippen LogP contribution in [0.5, 0.6) is 0 Å². The highest BCUT2D eigenvalue weighted by Crippen LogP contribution is 2.30.